The van der Waals surface area contributed by atoms with E-state index in [0.717, 1.165) is 16.6 Å². The Morgan fingerprint density at radius 1 is 0.543 bits per heavy atom. The Labute approximate surface area is 199 Å². The lowest BCUT2D eigenvalue weighted by molar-refractivity contribution is -0.467. The van der Waals surface area contributed by atoms with Gasteiger partial charge in [-0.2, -0.15) is 0 Å². The first-order chi connectivity index (χ1) is 16.9. The van der Waals surface area contributed by atoms with Gasteiger partial charge in [0.25, 0.3) is 0 Å². The molecular weight excluding hydrogens is 451 g/mol. The van der Waals surface area contributed by atoms with Crippen LogP contribution in [-0.4, -0.2) is 12.2 Å². The molecule has 0 N–H and O–H groups in total. The van der Waals surface area contributed by atoms with Gasteiger partial charge in [-0.1, -0.05) is 78.9 Å². The third-order valence-electron chi connectivity index (χ3n) is 5.73. The minimum atomic E-state index is -6.00. The standard InChI is InChI=1S/C28H19N2.BF4/c1-3-11-20(12-4-1)27-23-16-8-7-15-22(23)26-19-29-24-17-9-10-18-25(24)30(26)28(27)21-13-5-2-6-14-21;2-1(3,4)5/h1-19H;/q+1;-1. The minimum absolute atomic E-state index is 0.987. The van der Waals surface area contributed by atoms with Crippen molar-refractivity contribution in [2.45, 2.75) is 0 Å². The van der Waals surface area contributed by atoms with Crippen molar-refractivity contribution in [2.24, 2.45) is 0 Å². The lowest BCUT2D eigenvalue weighted by atomic mass is 9.93. The van der Waals surface area contributed by atoms with Crippen molar-refractivity contribution in [2.75, 3.05) is 0 Å². The Bertz CT molecular complexity index is 1620. The molecule has 0 amide bonds. The van der Waals surface area contributed by atoms with Crippen molar-refractivity contribution >= 4 is 34.6 Å². The van der Waals surface area contributed by atoms with Crippen LogP contribution in [0, 0.1) is 0 Å². The molecule has 0 aliphatic rings. The van der Waals surface area contributed by atoms with E-state index in [2.05, 4.69) is 108 Å². The van der Waals surface area contributed by atoms with E-state index in [0.29, 0.717) is 0 Å². The lowest BCUT2D eigenvalue weighted by Crippen LogP contribution is -2.28. The number of fused-ring (bicyclic) bond motifs is 5. The average molecular weight is 470 g/mol. The lowest BCUT2D eigenvalue weighted by Gasteiger charge is -2.13. The maximum atomic E-state index is 9.75. The van der Waals surface area contributed by atoms with Crippen molar-refractivity contribution in [3.05, 3.63) is 115 Å². The highest BCUT2D eigenvalue weighted by Gasteiger charge is 2.26. The normalized spacial score (nSPS) is 11.4. The molecule has 0 atom stereocenters. The first-order valence-electron chi connectivity index (χ1n) is 11.0. The summed E-state index contributed by atoms with van der Waals surface area (Å²) in [4.78, 5) is 4.78. The molecule has 7 heteroatoms. The van der Waals surface area contributed by atoms with E-state index in [-0.39, 0.29) is 0 Å². The van der Waals surface area contributed by atoms with Gasteiger partial charge in [0.15, 0.2) is 0 Å². The van der Waals surface area contributed by atoms with Gasteiger partial charge in [0.05, 0.1) is 10.9 Å². The third-order valence-corrected chi connectivity index (χ3v) is 5.73. The molecule has 2 nitrogen and oxygen atoms in total. The predicted octanol–water partition coefficient (Wildman–Crippen LogP) is 7.76. The molecule has 0 saturated heterocycles. The molecule has 6 rings (SSSR count). The van der Waals surface area contributed by atoms with Gasteiger partial charge < -0.3 is 17.3 Å². The Morgan fingerprint density at radius 2 is 1.06 bits per heavy atom. The minimum Gasteiger partial charge on any atom is -0.418 e. The van der Waals surface area contributed by atoms with Crippen molar-refractivity contribution < 1.29 is 21.7 Å². The summed E-state index contributed by atoms with van der Waals surface area (Å²) in [6, 6.07) is 38.4. The van der Waals surface area contributed by atoms with Crippen LogP contribution < -0.4 is 4.40 Å². The van der Waals surface area contributed by atoms with Gasteiger partial charge in [-0.25, -0.2) is 4.98 Å². The van der Waals surface area contributed by atoms with Crippen LogP contribution in [0.1, 0.15) is 0 Å². The number of para-hydroxylation sites is 2. The zero-order valence-corrected chi connectivity index (χ0v) is 18.5. The van der Waals surface area contributed by atoms with Crippen LogP contribution in [0.5, 0.6) is 0 Å². The van der Waals surface area contributed by atoms with E-state index in [1.54, 1.807) is 0 Å². The largest absolute Gasteiger partial charge is 0.673 e. The van der Waals surface area contributed by atoms with Crippen molar-refractivity contribution in [1.29, 1.82) is 0 Å². The third kappa shape index (κ3) is 4.57. The molecule has 6 aromatic rings. The Hall–Kier alpha value is -4.26. The molecule has 35 heavy (non-hydrogen) atoms. The summed E-state index contributed by atoms with van der Waals surface area (Å²) in [5.41, 5.74) is 8.04. The van der Waals surface area contributed by atoms with E-state index >= 15 is 0 Å². The molecule has 0 aliphatic carbocycles. The molecule has 0 saturated carbocycles. The number of pyridine rings is 1. The number of hydrogen-bond acceptors (Lipinski definition) is 1. The smallest absolute Gasteiger partial charge is 0.418 e. The van der Waals surface area contributed by atoms with Gasteiger partial charge in [0.1, 0.15) is 11.7 Å². The molecule has 0 radical (unpaired) electrons. The number of benzene rings is 4. The molecule has 0 aliphatic heterocycles. The fraction of sp³-hybridized carbons (Fsp3) is 0. The van der Waals surface area contributed by atoms with Crippen LogP contribution in [0.2, 0.25) is 0 Å². The maximum absolute atomic E-state index is 9.75. The molecule has 0 unspecified atom stereocenters. The molecule has 0 bridgehead atoms. The van der Waals surface area contributed by atoms with Crippen molar-refractivity contribution in [3.63, 3.8) is 0 Å². The topological polar surface area (TPSA) is 17.0 Å². The van der Waals surface area contributed by atoms with E-state index in [4.69, 9.17) is 4.98 Å². The average Bonchev–Trinajstić information content (AvgIpc) is 2.87. The Balaban J connectivity index is 0.000000464. The summed E-state index contributed by atoms with van der Waals surface area (Å²) in [7, 11) is -6.00. The van der Waals surface area contributed by atoms with Gasteiger partial charge >= 0.3 is 7.25 Å². The van der Waals surface area contributed by atoms with E-state index < -0.39 is 7.25 Å². The van der Waals surface area contributed by atoms with Gasteiger partial charge in [-0.05, 0) is 29.8 Å². The summed E-state index contributed by atoms with van der Waals surface area (Å²) in [6.45, 7) is 0. The summed E-state index contributed by atoms with van der Waals surface area (Å²) in [5.74, 6) is 0. The summed E-state index contributed by atoms with van der Waals surface area (Å²) >= 11 is 0. The second-order valence-corrected chi connectivity index (χ2v) is 7.96. The van der Waals surface area contributed by atoms with Crippen LogP contribution >= 0.6 is 0 Å². The van der Waals surface area contributed by atoms with Crippen LogP contribution in [0.3, 0.4) is 0 Å². The number of rotatable bonds is 2. The molecule has 2 aromatic heterocycles. The molecule has 0 spiro atoms. The van der Waals surface area contributed by atoms with Gasteiger partial charge in [-0.3, -0.25) is 0 Å². The monoisotopic (exact) mass is 470 g/mol. The second-order valence-electron chi connectivity index (χ2n) is 7.96. The molecule has 172 valence electrons. The number of halogens is 4. The van der Waals surface area contributed by atoms with Crippen molar-refractivity contribution in [3.8, 4) is 22.4 Å². The Kier molecular flexibility index (Phi) is 5.91. The summed E-state index contributed by atoms with van der Waals surface area (Å²) in [6.07, 6.45) is 2.01. The number of aromatic nitrogens is 2. The first-order valence-corrected chi connectivity index (χ1v) is 11.0. The van der Waals surface area contributed by atoms with Crippen LogP contribution in [0.25, 0.3) is 49.7 Å². The van der Waals surface area contributed by atoms with Crippen molar-refractivity contribution in [1.82, 2.24) is 4.98 Å². The highest BCUT2D eigenvalue weighted by molar-refractivity contribution is 6.50. The fourth-order valence-corrected chi connectivity index (χ4v) is 4.44. The van der Waals surface area contributed by atoms with Gasteiger partial charge in [0, 0.05) is 17.0 Å². The SMILES string of the molecule is F[B-](F)(F)F.c1ccc(-c2c(-c3ccccc3)[n+]3c4ccccc4ncc3c3ccccc23)cc1. The summed E-state index contributed by atoms with van der Waals surface area (Å²) < 4.78 is 41.4. The van der Waals surface area contributed by atoms with Crippen LogP contribution in [-0.2, 0) is 0 Å². The highest BCUT2D eigenvalue weighted by atomic mass is 19.5. The number of hydrogen-bond donors (Lipinski definition) is 0. The fourth-order valence-electron chi connectivity index (χ4n) is 4.44. The van der Waals surface area contributed by atoms with E-state index in [9.17, 15) is 17.3 Å². The Morgan fingerprint density at radius 3 is 1.71 bits per heavy atom. The molecule has 4 aromatic carbocycles. The predicted molar refractivity (Wildman–Crippen MR) is 133 cm³/mol. The van der Waals surface area contributed by atoms with Crippen LogP contribution in [0.4, 0.5) is 17.3 Å². The van der Waals surface area contributed by atoms with E-state index in [1.165, 1.54) is 33.2 Å². The van der Waals surface area contributed by atoms with Crippen LogP contribution in [0.15, 0.2) is 115 Å². The van der Waals surface area contributed by atoms with E-state index in [1.807, 2.05) is 12.3 Å². The maximum Gasteiger partial charge on any atom is 0.673 e. The second kappa shape index (κ2) is 9.18. The zero-order valence-electron chi connectivity index (χ0n) is 18.5. The molecule has 0 fully saturated rings. The highest BCUT2D eigenvalue weighted by Crippen LogP contribution is 2.37. The summed E-state index contributed by atoms with van der Waals surface area (Å²) in [5, 5.41) is 2.44. The quantitative estimate of drug-likeness (QED) is 0.109. The van der Waals surface area contributed by atoms with Gasteiger partial charge in [-0.15, -0.1) is 4.40 Å². The zero-order chi connectivity index (χ0) is 24.4. The number of nitrogens with zero attached hydrogens (tertiary/aromatic N) is 2. The van der Waals surface area contributed by atoms with Gasteiger partial charge in [0.2, 0.25) is 16.7 Å². The molecular formula is C28H19BF4N2. The first kappa shape index (κ1) is 22.5. The molecule has 2 heterocycles.